The maximum absolute atomic E-state index is 13.1. The highest BCUT2D eigenvalue weighted by atomic mass is 32.3. The predicted molar refractivity (Wildman–Crippen MR) is 331 cm³/mol. The molecule has 0 aliphatic carbocycles. The number of allylic oxidation sites excluding steroid dienone is 16. The minimum Gasteiger partial charge on any atom is -0.478 e. The van der Waals surface area contributed by atoms with Gasteiger partial charge in [-0.25, -0.2) is 8.98 Å². The van der Waals surface area contributed by atoms with E-state index in [0.29, 0.717) is 19.4 Å². The number of guanidine groups is 1. The van der Waals surface area contributed by atoms with E-state index in [2.05, 4.69) is 4.99 Å². The first-order chi connectivity index (χ1) is 40.6. The molecule has 1 rings (SSSR count). The summed E-state index contributed by atoms with van der Waals surface area (Å²) >= 11 is 0. The van der Waals surface area contributed by atoms with Crippen molar-refractivity contribution in [2.75, 3.05) is 6.54 Å². The zero-order valence-electron chi connectivity index (χ0n) is 50.0. The normalized spacial score (nSPS) is 21.1. The van der Waals surface area contributed by atoms with Crippen molar-refractivity contribution in [3.8, 4) is 0 Å². The smallest absolute Gasteiger partial charge is 0.397 e. The van der Waals surface area contributed by atoms with Crippen molar-refractivity contribution in [3.63, 3.8) is 0 Å². The first-order valence-corrected chi connectivity index (χ1v) is 30.6. The lowest BCUT2D eigenvalue weighted by Crippen LogP contribution is -2.32. The van der Waals surface area contributed by atoms with Crippen molar-refractivity contribution in [2.45, 2.75) is 203 Å². The van der Waals surface area contributed by atoms with E-state index in [0.717, 1.165) is 12.8 Å². The van der Waals surface area contributed by atoms with E-state index < -0.39 is 126 Å². The van der Waals surface area contributed by atoms with Gasteiger partial charge < -0.3 is 77.5 Å². The second-order valence-electron chi connectivity index (χ2n) is 21.7. The summed E-state index contributed by atoms with van der Waals surface area (Å²) in [4.78, 5) is 27.7. The van der Waals surface area contributed by atoms with E-state index in [9.17, 15) is 78.7 Å². The largest absolute Gasteiger partial charge is 0.478 e. The number of carbonyl (C=O) groups is 2. The number of hydrogen-bond acceptors (Lipinski definition) is 18. The van der Waals surface area contributed by atoms with Gasteiger partial charge in [-0.05, 0) is 64.7 Å². The molecule has 0 amide bonds. The number of hydrogen-bond donors (Lipinski definition) is 15. The summed E-state index contributed by atoms with van der Waals surface area (Å²) in [5.41, 5.74) is 10.8. The van der Waals surface area contributed by atoms with Gasteiger partial charge in [0, 0.05) is 62.0 Å². The maximum Gasteiger partial charge on any atom is 0.397 e. The molecule has 0 bridgehead atoms. The summed E-state index contributed by atoms with van der Waals surface area (Å²) in [6.07, 6.45) is 26.8. The van der Waals surface area contributed by atoms with Crippen LogP contribution in [0.2, 0.25) is 0 Å². The van der Waals surface area contributed by atoms with Crippen molar-refractivity contribution in [1.82, 2.24) is 0 Å². The summed E-state index contributed by atoms with van der Waals surface area (Å²) in [6, 6.07) is 0. The third-order valence-corrected chi connectivity index (χ3v) is 14.3. The van der Waals surface area contributed by atoms with E-state index in [4.69, 9.17) is 25.5 Å². The van der Waals surface area contributed by atoms with Gasteiger partial charge in [-0.15, -0.1) is 0 Å². The van der Waals surface area contributed by atoms with Gasteiger partial charge >= 0.3 is 16.4 Å². The highest BCUT2D eigenvalue weighted by Crippen LogP contribution is 2.33. The van der Waals surface area contributed by atoms with E-state index in [-0.39, 0.29) is 75.2 Å². The van der Waals surface area contributed by atoms with Crippen molar-refractivity contribution in [1.29, 1.82) is 0 Å². The fourth-order valence-corrected chi connectivity index (χ4v) is 9.25. The molecular formula is C63H99N3O19S. The molecule has 1 saturated heterocycles. The van der Waals surface area contributed by atoms with Crippen LogP contribution in [0.4, 0.5) is 0 Å². The number of aliphatic hydroxyl groups is 11. The first kappa shape index (κ1) is 78.7. The molecule has 17 N–H and O–H groups in total. The average molecular weight is 1230 g/mol. The molecule has 486 valence electrons. The molecular weight excluding hydrogens is 1130 g/mol. The number of ketones is 1. The molecule has 17 atom stereocenters. The maximum atomic E-state index is 13.1. The third-order valence-electron chi connectivity index (χ3n) is 13.8. The second kappa shape index (κ2) is 45.0. The topological polar surface area (TPSA) is 417 Å². The Labute approximate surface area is 508 Å². The highest BCUT2D eigenvalue weighted by Gasteiger charge is 2.45. The van der Waals surface area contributed by atoms with Gasteiger partial charge in [0.15, 0.2) is 5.96 Å². The minimum atomic E-state index is -4.96. The number of aliphatic hydroxyl groups excluding tert-OH is 11. The van der Waals surface area contributed by atoms with Crippen LogP contribution in [-0.2, 0) is 28.9 Å². The average Bonchev–Trinajstić information content (AvgIpc) is 2.30. The molecule has 0 aromatic heterocycles. The van der Waals surface area contributed by atoms with E-state index in [1.165, 1.54) is 50.3 Å². The number of aliphatic imine (C=N–C) groups is 1. The number of nitrogens with two attached hydrogens (primary N) is 2. The number of epoxide rings is 1. The Balaban J connectivity index is 2.45. The van der Waals surface area contributed by atoms with Gasteiger partial charge in [0.25, 0.3) is 0 Å². The van der Waals surface area contributed by atoms with Gasteiger partial charge in [0.2, 0.25) is 0 Å². The monoisotopic (exact) mass is 1230 g/mol. The number of ether oxygens (including phenoxy) is 1. The Bertz CT molecular complexity index is 2450. The van der Waals surface area contributed by atoms with Gasteiger partial charge in [-0.1, -0.05) is 161 Å². The van der Waals surface area contributed by atoms with Gasteiger partial charge in [-0.2, -0.15) is 8.42 Å². The molecule has 0 aromatic carbocycles. The van der Waals surface area contributed by atoms with Gasteiger partial charge in [-0.3, -0.25) is 14.3 Å². The lowest BCUT2D eigenvalue weighted by atomic mass is 9.88. The molecule has 0 radical (unpaired) electrons. The van der Waals surface area contributed by atoms with Crippen molar-refractivity contribution in [2.24, 2.45) is 34.2 Å². The van der Waals surface area contributed by atoms with Crippen LogP contribution in [0.5, 0.6) is 0 Å². The molecule has 1 aliphatic heterocycles. The van der Waals surface area contributed by atoms with E-state index in [1.807, 2.05) is 31.2 Å². The quantitative estimate of drug-likeness (QED) is 0.00591. The standard InChI is InChI=1S/C63H99N3O19S/c1-43(26-19-15-11-10-12-16-20-27-44(2)62(79)80)60(78)46(4)55(75)33-21-17-13-8-6-5-7-9-14-18-22-34-58(85-86(81,82)83)45(3)56(76)41-53(73)38-49(69)29-23-28-47(67)36-52(72)37-48(68)30-24-31-51(71)40-57(77)61-59(84-61)42-54(74)39-50(70)32-25-35-66-63(64)65/h5-10,12-14,16-24,26-27,29-30,33,43,45-55,57-61,67-75,77-78H,11,15,25,28,31-32,34-42H2,1-4H3,(H,79,80)(H4,64,65,66)(H,81,82,83). The Morgan fingerprint density at radius 2 is 1.14 bits per heavy atom. The van der Waals surface area contributed by atoms with E-state index >= 15 is 0 Å². The molecule has 23 heteroatoms. The Morgan fingerprint density at radius 3 is 1.73 bits per heavy atom. The summed E-state index contributed by atoms with van der Waals surface area (Å²) in [5, 5.41) is 124. The number of carbonyl (C=O) groups excluding carboxylic acids is 1. The fraction of sp³-hybridized carbons (Fsp3) is 0.571. The molecule has 1 heterocycles. The second-order valence-corrected chi connectivity index (χ2v) is 22.8. The lowest BCUT2D eigenvalue weighted by molar-refractivity contribution is -0.132. The van der Waals surface area contributed by atoms with Crippen LogP contribution < -0.4 is 11.5 Å². The zero-order chi connectivity index (χ0) is 64.6. The fourth-order valence-electron chi connectivity index (χ4n) is 8.69. The van der Waals surface area contributed by atoms with Gasteiger partial charge in [0.05, 0.1) is 79.4 Å². The molecule has 22 nitrogen and oxygen atoms in total. The Kier molecular flexibility index (Phi) is 41.2. The van der Waals surface area contributed by atoms with Crippen LogP contribution in [-0.4, -0.2) is 184 Å². The predicted octanol–water partition coefficient (Wildman–Crippen LogP) is 4.27. The van der Waals surface area contributed by atoms with E-state index in [1.54, 1.807) is 85.9 Å². The number of aliphatic carboxylic acids is 1. The molecule has 0 aromatic rings. The summed E-state index contributed by atoms with van der Waals surface area (Å²) in [6.45, 7) is 6.92. The van der Waals surface area contributed by atoms with Crippen molar-refractivity contribution in [3.05, 3.63) is 145 Å². The first-order valence-electron chi connectivity index (χ1n) is 29.2. The van der Waals surface area contributed by atoms with Crippen LogP contribution in [0, 0.1) is 17.8 Å². The Hall–Kier alpha value is -5.32. The summed E-state index contributed by atoms with van der Waals surface area (Å²) in [5.74, 6) is -3.30. The van der Waals surface area contributed by atoms with Crippen molar-refractivity contribution < 1.29 is 92.8 Å². The summed E-state index contributed by atoms with van der Waals surface area (Å²) < 4.78 is 42.9. The van der Waals surface area contributed by atoms with Crippen LogP contribution in [0.1, 0.15) is 118 Å². The lowest BCUT2D eigenvalue weighted by Gasteiger charge is -2.25. The van der Waals surface area contributed by atoms with Crippen LogP contribution in [0.15, 0.2) is 150 Å². The molecule has 1 fully saturated rings. The van der Waals surface area contributed by atoms with Crippen LogP contribution in [0.3, 0.4) is 0 Å². The van der Waals surface area contributed by atoms with Crippen LogP contribution in [0.25, 0.3) is 0 Å². The molecule has 1 aliphatic rings. The number of Topliss-reactive ketones (excluding diaryl/α,β-unsaturated/α-hetero) is 1. The van der Waals surface area contributed by atoms with Crippen molar-refractivity contribution >= 4 is 28.1 Å². The third kappa shape index (κ3) is 40.2. The number of nitrogens with zero attached hydrogens (tertiary/aromatic N) is 1. The molecule has 17 unspecified atom stereocenters. The summed E-state index contributed by atoms with van der Waals surface area (Å²) in [7, 11) is -4.96. The number of rotatable bonds is 47. The SMILES string of the molecule is CC(=CC=CC=CCCC=CC(C)C(O)C(C)C(O)C=CC=CC=CC=CC=CC=CCC(OS(=O)(=O)O)C(C)C(=O)CC(O)CC(O)C=CCC(O)CC(O)CC(O)C=CCC(O)CC(O)C1OC1CC(O)CC(O)CCCN=C(N)N)C(=O)O. The number of carboxylic acid groups (broad SMARTS) is 1. The highest BCUT2D eigenvalue weighted by molar-refractivity contribution is 7.80. The number of carboxylic acids is 1. The molecule has 0 saturated carbocycles. The van der Waals surface area contributed by atoms with Gasteiger partial charge in [0.1, 0.15) is 11.9 Å². The number of unbranched alkanes of at least 4 members (excludes halogenated alkanes) is 1. The Morgan fingerprint density at radius 1 is 0.605 bits per heavy atom. The molecule has 0 spiro atoms. The minimum absolute atomic E-state index is 0.00125. The molecule has 86 heavy (non-hydrogen) atoms. The zero-order valence-corrected chi connectivity index (χ0v) is 50.8. The van der Waals surface area contributed by atoms with Crippen LogP contribution >= 0.6 is 0 Å².